The van der Waals surface area contributed by atoms with Crippen molar-refractivity contribution >= 4 is 18.4 Å². The predicted molar refractivity (Wildman–Crippen MR) is 106 cm³/mol. The van der Waals surface area contributed by atoms with Crippen LogP contribution in [0.3, 0.4) is 0 Å². The molecule has 8 nitrogen and oxygen atoms in total. The van der Waals surface area contributed by atoms with Gasteiger partial charge in [-0.15, -0.1) is 0 Å². The Morgan fingerprint density at radius 2 is 2.14 bits per heavy atom. The van der Waals surface area contributed by atoms with Gasteiger partial charge in [0.2, 0.25) is 5.88 Å². The van der Waals surface area contributed by atoms with Crippen LogP contribution in [0, 0.1) is 5.41 Å². The van der Waals surface area contributed by atoms with E-state index in [1.165, 1.54) is 0 Å². The van der Waals surface area contributed by atoms with Gasteiger partial charge in [0.15, 0.2) is 0 Å². The fourth-order valence-corrected chi connectivity index (χ4v) is 2.00. The Bertz CT molecular complexity index is 870. The lowest BCUT2D eigenvalue weighted by molar-refractivity contribution is -0.148. The summed E-state index contributed by atoms with van der Waals surface area (Å²) in [4.78, 5) is 19.2. The number of nitrogens with zero attached hydrogens (tertiary/aromatic N) is 3. The molecule has 0 saturated carbocycles. The van der Waals surface area contributed by atoms with Crippen molar-refractivity contribution in [2.45, 2.75) is 27.4 Å². The molecule has 0 amide bonds. The second-order valence-corrected chi connectivity index (χ2v) is 6.73. The lowest BCUT2D eigenvalue weighted by Crippen LogP contribution is -2.30. The molecule has 0 aromatic carbocycles. The number of nitrogens with one attached hydrogen (secondary N) is 1. The maximum atomic E-state index is 11.1. The third kappa shape index (κ3) is 6.08. The third-order valence-electron chi connectivity index (χ3n) is 3.85. The molecular weight excluding hydrogens is 360 g/mol. The van der Waals surface area contributed by atoms with Crippen LogP contribution in [-0.2, 0) is 16.1 Å². The minimum absolute atomic E-state index is 0.0221. The zero-order valence-corrected chi connectivity index (χ0v) is 16.2. The van der Waals surface area contributed by atoms with Crippen molar-refractivity contribution in [3.05, 3.63) is 59.8 Å². The molecular formula is C20H24N4O4. The SMILES string of the molecule is C=N/C(=C\C=C(/C)OCc1ccnc(OCC(C)(C)C(=O)O)c1)c1ccn[nH]1. The molecule has 8 heteroatoms. The van der Waals surface area contributed by atoms with Crippen LogP contribution < -0.4 is 4.74 Å². The molecule has 2 aromatic rings. The number of H-pyrrole nitrogens is 1. The zero-order valence-electron chi connectivity index (χ0n) is 16.2. The van der Waals surface area contributed by atoms with E-state index >= 15 is 0 Å². The fraction of sp³-hybridized carbons (Fsp3) is 0.300. The first-order valence-electron chi connectivity index (χ1n) is 8.61. The second kappa shape index (κ2) is 9.50. The summed E-state index contributed by atoms with van der Waals surface area (Å²) in [5.41, 5.74) is 1.27. The van der Waals surface area contributed by atoms with E-state index < -0.39 is 11.4 Å². The number of carboxylic acids is 1. The van der Waals surface area contributed by atoms with Gasteiger partial charge in [-0.3, -0.25) is 14.9 Å². The number of carboxylic acid groups (broad SMARTS) is 1. The van der Waals surface area contributed by atoms with Gasteiger partial charge in [-0.25, -0.2) is 4.98 Å². The van der Waals surface area contributed by atoms with Crippen molar-refractivity contribution < 1.29 is 19.4 Å². The number of allylic oxidation sites excluding steroid dienone is 3. The molecule has 0 unspecified atom stereocenters. The summed E-state index contributed by atoms with van der Waals surface area (Å²) in [5, 5.41) is 15.9. The molecule has 2 heterocycles. The van der Waals surface area contributed by atoms with Crippen LogP contribution in [0.5, 0.6) is 5.88 Å². The van der Waals surface area contributed by atoms with Gasteiger partial charge < -0.3 is 14.6 Å². The summed E-state index contributed by atoms with van der Waals surface area (Å²) in [6, 6.07) is 5.33. The van der Waals surface area contributed by atoms with Gasteiger partial charge in [-0.1, -0.05) is 0 Å². The largest absolute Gasteiger partial charge is 0.494 e. The number of aliphatic carboxylic acids is 1. The normalized spacial score (nSPS) is 12.5. The van der Waals surface area contributed by atoms with Gasteiger partial charge in [0.25, 0.3) is 0 Å². The topological polar surface area (TPSA) is 110 Å². The van der Waals surface area contributed by atoms with E-state index in [0.717, 1.165) is 11.3 Å². The smallest absolute Gasteiger partial charge is 0.312 e. The van der Waals surface area contributed by atoms with Crippen LogP contribution in [0.1, 0.15) is 32.0 Å². The van der Waals surface area contributed by atoms with Crippen molar-refractivity contribution in [2.24, 2.45) is 10.4 Å². The van der Waals surface area contributed by atoms with Gasteiger partial charge in [0.1, 0.15) is 13.2 Å². The highest BCUT2D eigenvalue weighted by molar-refractivity contribution is 5.73. The van der Waals surface area contributed by atoms with E-state index in [1.54, 1.807) is 56.6 Å². The Kier molecular flexibility index (Phi) is 7.08. The first-order valence-corrected chi connectivity index (χ1v) is 8.61. The number of aromatic amines is 1. The third-order valence-corrected chi connectivity index (χ3v) is 3.85. The number of aromatic nitrogens is 3. The lowest BCUT2D eigenvalue weighted by Gasteiger charge is -2.19. The molecule has 0 bridgehead atoms. The number of hydrogen-bond donors (Lipinski definition) is 2. The van der Waals surface area contributed by atoms with E-state index in [-0.39, 0.29) is 6.61 Å². The number of carbonyl (C=O) groups is 1. The van der Waals surface area contributed by atoms with Crippen LogP contribution in [-0.4, -0.2) is 39.6 Å². The van der Waals surface area contributed by atoms with E-state index in [9.17, 15) is 4.79 Å². The lowest BCUT2D eigenvalue weighted by atomic mass is 9.95. The highest BCUT2D eigenvalue weighted by Crippen LogP contribution is 2.19. The summed E-state index contributed by atoms with van der Waals surface area (Å²) >= 11 is 0. The van der Waals surface area contributed by atoms with Crippen molar-refractivity contribution in [3.63, 3.8) is 0 Å². The number of aliphatic imine (C=N–C) groups is 1. The van der Waals surface area contributed by atoms with Crippen molar-refractivity contribution in [1.29, 1.82) is 0 Å². The summed E-state index contributed by atoms with van der Waals surface area (Å²) in [6.07, 6.45) is 6.81. The Hall–Kier alpha value is -3.42. The molecule has 0 fully saturated rings. The van der Waals surface area contributed by atoms with Gasteiger partial charge in [-0.05, 0) is 57.3 Å². The maximum Gasteiger partial charge on any atom is 0.312 e. The Morgan fingerprint density at radius 3 is 2.79 bits per heavy atom. The molecule has 2 N–H and O–H groups in total. The molecule has 0 aliphatic heterocycles. The molecule has 0 saturated heterocycles. The first kappa shape index (κ1) is 20.9. The second-order valence-electron chi connectivity index (χ2n) is 6.73. The fourth-order valence-electron chi connectivity index (χ4n) is 2.00. The average Bonchev–Trinajstić information content (AvgIpc) is 3.20. The Labute approximate surface area is 163 Å². The van der Waals surface area contributed by atoms with Crippen LogP contribution >= 0.6 is 0 Å². The van der Waals surface area contributed by atoms with Crippen LogP contribution in [0.15, 0.2) is 53.5 Å². The van der Waals surface area contributed by atoms with Crippen molar-refractivity contribution in [1.82, 2.24) is 15.2 Å². The van der Waals surface area contributed by atoms with E-state index in [4.69, 9.17) is 14.6 Å². The van der Waals surface area contributed by atoms with E-state index in [2.05, 4.69) is 26.9 Å². The molecule has 0 aliphatic carbocycles. The van der Waals surface area contributed by atoms with E-state index in [0.29, 0.717) is 23.9 Å². The number of pyridine rings is 1. The monoisotopic (exact) mass is 384 g/mol. The summed E-state index contributed by atoms with van der Waals surface area (Å²) < 4.78 is 11.2. The first-order chi connectivity index (χ1) is 13.3. The van der Waals surface area contributed by atoms with Crippen molar-refractivity contribution in [3.8, 4) is 5.88 Å². The van der Waals surface area contributed by atoms with Crippen molar-refractivity contribution in [2.75, 3.05) is 6.61 Å². The average molecular weight is 384 g/mol. The molecule has 148 valence electrons. The number of rotatable bonds is 10. The molecule has 2 rings (SSSR count). The highest BCUT2D eigenvalue weighted by Gasteiger charge is 2.28. The molecule has 0 aliphatic rings. The molecule has 0 spiro atoms. The quantitative estimate of drug-likeness (QED) is 0.369. The minimum Gasteiger partial charge on any atom is -0.494 e. The summed E-state index contributed by atoms with van der Waals surface area (Å²) in [6.45, 7) is 8.92. The minimum atomic E-state index is -0.995. The van der Waals surface area contributed by atoms with Gasteiger partial charge in [0, 0.05) is 18.5 Å². The van der Waals surface area contributed by atoms with Crippen LogP contribution in [0.2, 0.25) is 0 Å². The van der Waals surface area contributed by atoms with Gasteiger partial charge >= 0.3 is 5.97 Å². The molecule has 0 atom stereocenters. The summed E-state index contributed by atoms with van der Waals surface area (Å²) in [5.74, 6) is 0.116. The predicted octanol–water partition coefficient (Wildman–Crippen LogP) is 3.46. The number of hydrogen-bond acceptors (Lipinski definition) is 6. The summed E-state index contributed by atoms with van der Waals surface area (Å²) in [7, 11) is 0. The van der Waals surface area contributed by atoms with Gasteiger partial charge in [0.05, 0.1) is 22.6 Å². The number of ether oxygens (including phenoxy) is 2. The Balaban J connectivity index is 1.95. The zero-order chi connectivity index (χ0) is 20.6. The highest BCUT2D eigenvalue weighted by atomic mass is 16.5. The molecule has 28 heavy (non-hydrogen) atoms. The maximum absolute atomic E-state index is 11.1. The van der Waals surface area contributed by atoms with Crippen LogP contribution in [0.25, 0.3) is 5.70 Å². The van der Waals surface area contributed by atoms with E-state index in [1.807, 2.05) is 6.92 Å². The molecule has 0 radical (unpaired) electrons. The standard InChI is InChI=1S/C20H24N4O4/c1-14(5-6-16(21-4)17-8-10-23-24-17)27-12-15-7-9-22-18(11-15)28-13-20(2,3)19(25)26/h5-11H,4,12-13H2,1-3H3,(H,23,24)(H,25,26)/b14-5+,16-6-. The van der Waals surface area contributed by atoms with Crippen LogP contribution in [0.4, 0.5) is 0 Å². The van der Waals surface area contributed by atoms with Gasteiger partial charge in [-0.2, -0.15) is 5.10 Å². The Morgan fingerprint density at radius 1 is 1.36 bits per heavy atom. The molecule has 2 aromatic heterocycles.